The smallest absolute Gasteiger partial charge is 0.389 e. The first-order valence-corrected chi connectivity index (χ1v) is 21.0. The summed E-state index contributed by atoms with van der Waals surface area (Å²) in [5, 5.41) is 0. The van der Waals surface area contributed by atoms with E-state index in [-0.39, 0.29) is 20.9 Å². The molecule has 4 aliphatic rings. The summed E-state index contributed by atoms with van der Waals surface area (Å²) in [7, 11) is 0. The van der Waals surface area contributed by atoms with Gasteiger partial charge in [-0.2, -0.15) is 0 Å². The van der Waals surface area contributed by atoms with Crippen molar-refractivity contribution in [3.63, 3.8) is 0 Å². The summed E-state index contributed by atoms with van der Waals surface area (Å²) >= 11 is 0. The summed E-state index contributed by atoms with van der Waals surface area (Å²) < 4.78 is 8.23. The first kappa shape index (κ1) is 33.5. The number of hydrogen-bond acceptors (Lipinski definition) is 3. The van der Waals surface area contributed by atoms with Crippen LogP contribution in [0.3, 0.4) is 0 Å². The van der Waals surface area contributed by atoms with Crippen LogP contribution in [0.5, 0.6) is 0 Å². The molecule has 4 heterocycles. The van der Waals surface area contributed by atoms with E-state index in [9.17, 15) is 0 Å². The van der Waals surface area contributed by atoms with Gasteiger partial charge < -0.3 is 14.2 Å². The van der Waals surface area contributed by atoms with Crippen LogP contribution in [-0.2, 0) is 0 Å². The van der Waals surface area contributed by atoms with Crippen LogP contribution < -0.4 is 30.6 Å². The Kier molecular flexibility index (Phi) is 7.29. The third-order valence-electron chi connectivity index (χ3n) is 13.3. The van der Waals surface area contributed by atoms with Crippen LogP contribution in [0.2, 0.25) is 0 Å². The zero-order valence-corrected chi connectivity index (χ0v) is 32.9. The highest BCUT2D eigenvalue weighted by Gasteiger charge is 2.61. The van der Waals surface area contributed by atoms with Crippen molar-refractivity contribution in [2.75, 3.05) is 14.2 Å². The first-order chi connectivity index (χ1) is 29.8. The quantitative estimate of drug-likeness (QED) is 0.166. The molecular weight excluding hydrogens is 723 g/mol. The van der Waals surface area contributed by atoms with Gasteiger partial charge in [0, 0.05) is 33.8 Å². The molecule has 0 aromatic heterocycles. The van der Waals surface area contributed by atoms with E-state index >= 15 is 0 Å². The predicted octanol–water partition coefficient (Wildman–Crippen LogP) is 10.6. The summed E-state index contributed by atoms with van der Waals surface area (Å²) in [6.45, 7) is -0.331. The largest absolute Gasteiger partial charge is 0.416 e. The molecule has 0 aliphatic carbocycles. The average Bonchev–Trinajstić information content (AvgIpc) is 3.34. The molecule has 1 saturated heterocycles. The monoisotopic (exact) mass is 759 g/mol. The van der Waals surface area contributed by atoms with Gasteiger partial charge in [-0.25, -0.2) is 0 Å². The summed E-state index contributed by atoms with van der Waals surface area (Å²) in [6, 6.07) is 81.4. The average molecular weight is 759 g/mol. The number of benzene rings is 9. The number of para-hydroxylation sites is 3. The van der Waals surface area contributed by atoms with Gasteiger partial charge in [-0.1, -0.05) is 182 Å². The van der Waals surface area contributed by atoms with E-state index in [1.165, 1.54) is 100 Å². The molecule has 276 valence electrons. The number of anilines is 3. The maximum atomic E-state index is 2.74. The van der Waals surface area contributed by atoms with Gasteiger partial charge in [0.25, 0.3) is 0 Å². The normalized spacial score (nSPS) is 13.8. The van der Waals surface area contributed by atoms with E-state index < -0.39 is 0 Å². The fourth-order valence-electron chi connectivity index (χ4n) is 10.7. The fraction of sp³-hybridized carbons (Fsp3) is 0. The Bertz CT molecular complexity index is 2800. The maximum Gasteiger partial charge on any atom is 0.389 e. The predicted molar refractivity (Wildman–Crippen MR) is 256 cm³/mol. The van der Waals surface area contributed by atoms with Crippen LogP contribution >= 0.6 is 0 Å². The molecule has 0 spiro atoms. The summed E-state index contributed by atoms with van der Waals surface area (Å²) in [5.41, 5.74) is 22.7. The van der Waals surface area contributed by atoms with Crippen LogP contribution in [0, 0.1) is 0 Å². The highest BCUT2D eigenvalue weighted by Crippen LogP contribution is 2.49. The van der Waals surface area contributed by atoms with Crippen molar-refractivity contribution in [3.8, 4) is 66.8 Å². The molecule has 1 fully saturated rings. The molecular formula is C54H36B3N3. The van der Waals surface area contributed by atoms with Crippen LogP contribution in [0.15, 0.2) is 218 Å². The standard InChI is InChI=1S/C54H36B3N3/c1-4-16-37(17-5-1)40-28-31-49-46(34-40)43-22-10-13-25-52(43)58-55(49)59-53-26-14-11-23-44(53)47-35-42(39-20-8-3-9-21-39)30-33-51(47)57(59)60-54-27-15-12-24-45(54)48-36-41(29-32-50(48)56(58)60)38-18-6-2-7-19-38/h1-36H. The van der Waals surface area contributed by atoms with Gasteiger partial charge in [-0.3, -0.25) is 0 Å². The van der Waals surface area contributed by atoms with E-state index in [1.807, 2.05) is 0 Å². The molecule has 4 aliphatic heterocycles. The van der Waals surface area contributed by atoms with E-state index in [1.54, 1.807) is 0 Å². The van der Waals surface area contributed by atoms with Crippen molar-refractivity contribution >= 4 is 54.4 Å². The van der Waals surface area contributed by atoms with Crippen molar-refractivity contribution in [3.05, 3.63) is 218 Å². The van der Waals surface area contributed by atoms with Gasteiger partial charge >= 0.3 is 20.9 Å². The molecule has 0 unspecified atom stereocenters. The van der Waals surface area contributed by atoms with Gasteiger partial charge in [-0.05, 0) is 103 Å². The Balaban J connectivity index is 1.11. The molecule has 0 atom stereocenters. The fourth-order valence-corrected chi connectivity index (χ4v) is 10.7. The molecule has 0 amide bonds. The second-order valence-electron chi connectivity index (χ2n) is 16.4. The molecule has 9 aromatic carbocycles. The van der Waals surface area contributed by atoms with Gasteiger partial charge in [0.1, 0.15) is 0 Å². The third kappa shape index (κ3) is 4.82. The Labute approximate surface area is 352 Å². The minimum absolute atomic E-state index is 0.110. The Morgan fingerprint density at radius 2 is 0.483 bits per heavy atom. The highest BCUT2D eigenvalue weighted by atomic mass is 15.3. The second kappa shape index (κ2) is 13.0. The maximum absolute atomic E-state index is 2.74. The van der Waals surface area contributed by atoms with Gasteiger partial charge in [0.2, 0.25) is 0 Å². The lowest BCUT2D eigenvalue weighted by Crippen LogP contribution is -2.88. The molecule has 13 rings (SSSR count). The summed E-state index contributed by atoms with van der Waals surface area (Å²) in [5.74, 6) is 0. The van der Waals surface area contributed by atoms with E-state index in [0.29, 0.717) is 0 Å². The molecule has 9 aromatic rings. The van der Waals surface area contributed by atoms with Crippen LogP contribution in [0.25, 0.3) is 66.8 Å². The lowest BCUT2D eigenvalue weighted by molar-refractivity contribution is 1.27. The summed E-state index contributed by atoms with van der Waals surface area (Å²) in [6.07, 6.45) is 0. The Hall–Kier alpha value is -7.43. The SMILES string of the molecule is c1ccc(-c2ccc3c(c2)-c2ccccc2N2B3N3B(c4ccc(-c5ccccc5)cc4-c4ccccc43)N3B2c2ccc(-c4ccccc4)cc2-c2ccccc23)cc1. The van der Waals surface area contributed by atoms with E-state index in [2.05, 4.69) is 233 Å². The lowest BCUT2D eigenvalue weighted by Gasteiger charge is -2.61. The zero-order valence-electron chi connectivity index (χ0n) is 32.9. The van der Waals surface area contributed by atoms with E-state index in [0.717, 1.165) is 0 Å². The molecule has 3 nitrogen and oxygen atoms in total. The van der Waals surface area contributed by atoms with Crippen molar-refractivity contribution in [1.29, 1.82) is 0 Å². The summed E-state index contributed by atoms with van der Waals surface area (Å²) in [4.78, 5) is 0. The van der Waals surface area contributed by atoms with Gasteiger partial charge in [0.15, 0.2) is 0 Å². The van der Waals surface area contributed by atoms with Crippen LogP contribution in [-0.4, -0.2) is 20.9 Å². The number of nitrogens with zero attached hydrogens (tertiary/aromatic N) is 3. The van der Waals surface area contributed by atoms with E-state index in [4.69, 9.17) is 0 Å². The van der Waals surface area contributed by atoms with Crippen molar-refractivity contribution < 1.29 is 0 Å². The highest BCUT2D eigenvalue weighted by molar-refractivity contribution is 7.16. The first-order valence-electron chi connectivity index (χ1n) is 21.0. The van der Waals surface area contributed by atoms with Gasteiger partial charge in [-0.15, -0.1) is 0 Å². The molecule has 60 heavy (non-hydrogen) atoms. The minimum Gasteiger partial charge on any atom is -0.416 e. The lowest BCUT2D eigenvalue weighted by atomic mass is 9.33. The number of rotatable bonds is 3. The minimum atomic E-state index is -0.110. The number of hydrogen-bond donors (Lipinski definition) is 0. The van der Waals surface area contributed by atoms with Crippen molar-refractivity contribution in [1.82, 2.24) is 0 Å². The Morgan fingerprint density at radius 3 is 0.783 bits per heavy atom. The van der Waals surface area contributed by atoms with Crippen molar-refractivity contribution in [2.24, 2.45) is 0 Å². The van der Waals surface area contributed by atoms with Crippen molar-refractivity contribution in [2.45, 2.75) is 0 Å². The molecule has 0 N–H and O–H groups in total. The topological polar surface area (TPSA) is 9.72 Å². The van der Waals surface area contributed by atoms with Gasteiger partial charge in [0.05, 0.1) is 0 Å². The molecule has 0 saturated carbocycles. The second-order valence-corrected chi connectivity index (χ2v) is 16.4. The number of fused-ring (bicyclic) bond motifs is 21. The molecule has 0 radical (unpaired) electrons. The van der Waals surface area contributed by atoms with Crippen LogP contribution in [0.4, 0.5) is 17.1 Å². The zero-order chi connectivity index (χ0) is 39.3. The Morgan fingerprint density at radius 1 is 0.217 bits per heavy atom. The molecule has 0 bridgehead atoms. The molecule has 6 heteroatoms. The third-order valence-corrected chi connectivity index (χ3v) is 13.3. The van der Waals surface area contributed by atoms with Crippen LogP contribution in [0.1, 0.15) is 0 Å².